The van der Waals surface area contributed by atoms with E-state index in [4.69, 9.17) is 11.6 Å². The van der Waals surface area contributed by atoms with Crippen LogP contribution in [-0.4, -0.2) is 26.1 Å². The first-order chi connectivity index (χ1) is 8.25. The molecule has 3 heterocycles. The molecule has 0 saturated carbocycles. The van der Waals surface area contributed by atoms with Gasteiger partial charge in [0.05, 0.1) is 11.0 Å². The highest BCUT2D eigenvalue weighted by molar-refractivity contribution is 9.10. The maximum absolute atomic E-state index is 5.97. The molecule has 0 bridgehead atoms. The molecule has 0 spiro atoms. The lowest BCUT2D eigenvalue weighted by Crippen LogP contribution is -2.34. The molecule has 17 heavy (non-hydrogen) atoms. The van der Waals surface area contributed by atoms with Gasteiger partial charge in [-0.15, -0.1) is 0 Å². The molecule has 0 N–H and O–H groups in total. The number of anilines is 1. The summed E-state index contributed by atoms with van der Waals surface area (Å²) in [6.07, 6.45) is 5.29. The van der Waals surface area contributed by atoms with E-state index in [0.717, 1.165) is 35.7 Å². The highest BCUT2D eigenvalue weighted by Crippen LogP contribution is 2.30. The van der Waals surface area contributed by atoms with Gasteiger partial charge in [0.2, 0.25) is 0 Å². The van der Waals surface area contributed by atoms with Gasteiger partial charge in [-0.2, -0.15) is 0 Å². The van der Waals surface area contributed by atoms with Gasteiger partial charge in [-0.3, -0.25) is 0 Å². The predicted molar refractivity (Wildman–Crippen MR) is 68.0 cm³/mol. The fourth-order valence-electron chi connectivity index (χ4n) is 1.91. The maximum Gasteiger partial charge on any atom is 0.148 e. The minimum Gasteiger partial charge on any atom is -0.346 e. The zero-order valence-corrected chi connectivity index (χ0v) is 11.2. The van der Waals surface area contributed by atoms with Gasteiger partial charge in [-0.05, 0) is 15.9 Å². The maximum atomic E-state index is 5.97. The molecule has 2 aromatic rings. The number of aromatic nitrogens is 4. The third-order valence-electron chi connectivity index (χ3n) is 2.77. The minimum atomic E-state index is 0.434. The van der Waals surface area contributed by atoms with Crippen LogP contribution in [0.15, 0.2) is 23.2 Å². The average Bonchev–Trinajstić information content (AvgIpc) is 2.79. The van der Waals surface area contributed by atoms with Crippen LogP contribution in [0.4, 0.5) is 5.82 Å². The fourth-order valence-corrected chi connectivity index (χ4v) is 2.50. The van der Waals surface area contributed by atoms with E-state index < -0.39 is 0 Å². The van der Waals surface area contributed by atoms with Crippen LogP contribution in [0, 0.1) is 0 Å². The molecule has 0 saturated heterocycles. The summed E-state index contributed by atoms with van der Waals surface area (Å²) in [7, 11) is 0. The monoisotopic (exact) mass is 313 g/mol. The Labute approximate surface area is 112 Å². The quantitative estimate of drug-likeness (QED) is 0.756. The summed E-state index contributed by atoms with van der Waals surface area (Å²) >= 11 is 9.39. The smallest absolute Gasteiger partial charge is 0.148 e. The van der Waals surface area contributed by atoms with Crippen LogP contribution in [0.3, 0.4) is 0 Å². The van der Waals surface area contributed by atoms with Crippen LogP contribution in [0.2, 0.25) is 5.15 Å². The van der Waals surface area contributed by atoms with Crippen molar-refractivity contribution >= 4 is 33.3 Å². The van der Waals surface area contributed by atoms with E-state index in [0.29, 0.717) is 5.15 Å². The van der Waals surface area contributed by atoms with Crippen LogP contribution >= 0.6 is 27.5 Å². The van der Waals surface area contributed by atoms with Crippen LogP contribution in [0.5, 0.6) is 0 Å². The van der Waals surface area contributed by atoms with Gasteiger partial charge in [-0.25, -0.2) is 15.0 Å². The van der Waals surface area contributed by atoms with E-state index in [1.807, 2.05) is 12.4 Å². The predicted octanol–water partition coefficient (Wildman–Crippen LogP) is 2.11. The summed E-state index contributed by atoms with van der Waals surface area (Å²) in [5.74, 6) is 1.86. The van der Waals surface area contributed by atoms with Gasteiger partial charge in [0, 0.05) is 25.5 Å². The van der Waals surface area contributed by atoms with Gasteiger partial charge in [0.1, 0.15) is 23.1 Å². The SMILES string of the molecule is Clc1ncnc(N2CCn3ccnc3C2)c1Br. The largest absolute Gasteiger partial charge is 0.346 e. The molecule has 1 aliphatic rings. The van der Waals surface area contributed by atoms with Crippen molar-refractivity contribution < 1.29 is 0 Å². The lowest BCUT2D eigenvalue weighted by atomic mass is 10.3. The van der Waals surface area contributed by atoms with Crippen LogP contribution < -0.4 is 4.90 Å². The van der Waals surface area contributed by atoms with Crippen LogP contribution in [-0.2, 0) is 13.1 Å². The van der Waals surface area contributed by atoms with Gasteiger partial charge in [0.15, 0.2) is 0 Å². The molecule has 88 valence electrons. The number of fused-ring (bicyclic) bond motifs is 1. The fraction of sp³-hybridized carbons (Fsp3) is 0.300. The Morgan fingerprint density at radius 2 is 2.12 bits per heavy atom. The Kier molecular flexibility index (Phi) is 2.76. The molecular formula is C10H9BrClN5. The normalized spacial score (nSPS) is 14.8. The summed E-state index contributed by atoms with van der Waals surface area (Å²) in [6, 6.07) is 0. The van der Waals surface area contributed by atoms with Crippen molar-refractivity contribution in [3.8, 4) is 0 Å². The molecule has 0 aromatic carbocycles. The van der Waals surface area contributed by atoms with Gasteiger partial charge < -0.3 is 9.47 Å². The lowest BCUT2D eigenvalue weighted by molar-refractivity contribution is 0.555. The number of imidazole rings is 1. The highest BCUT2D eigenvalue weighted by atomic mass is 79.9. The molecule has 0 radical (unpaired) electrons. The molecule has 0 aliphatic carbocycles. The number of hydrogen-bond donors (Lipinski definition) is 0. The van der Waals surface area contributed by atoms with E-state index in [-0.39, 0.29) is 0 Å². The third-order valence-corrected chi connectivity index (χ3v) is 4.02. The average molecular weight is 315 g/mol. The molecule has 1 aliphatic heterocycles. The molecule has 5 nitrogen and oxygen atoms in total. The number of halogens is 2. The summed E-state index contributed by atoms with van der Waals surface area (Å²) in [6.45, 7) is 2.53. The van der Waals surface area contributed by atoms with Gasteiger partial charge in [0.25, 0.3) is 0 Å². The van der Waals surface area contributed by atoms with Crippen molar-refractivity contribution in [3.05, 3.63) is 34.2 Å². The Balaban J connectivity index is 1.94. The summed E-state index contributed by atoms with van der Waals surface area (Å²) in [5, 5.41) is 0.434. The van der Waals surface area contributed by atoms with Gasteiger partial charge in [-0.1, -0.05) is 11.6 Å². The summed E-state index contributed by atoms with van der Waals surface area (Å²) in [4.78, 5) is 14.6. The second-order valence-corrected chi connectivity index (χ2v) is 4.91. The molecule has 2 aromatic heterocycles. The van der Waals surface area contributed by atoms with E-state index in [1.54, 1.807) is 0 Å². The topological polar surface area (TPSA) is 46.8 Å². The summed E-state index contributed by atoms with van der Waals surface area (Å²) < 4.78 is 2.88. The lowest BCUT2D eigenvalue weighted by Gasteiger charge is -2.29. The zero-order valence-electron chi connectivity index (χ0n) is 8.85. The van der Waals surface area contributed by atoms with Crippen molar-refractivity contribution in [1.82, 2.24) is 19.5 Å². The first kappa shape index (κ1) is 11.0. The van der Waals surface area contributed by atoms with Crippen molar-refractivity contribution in [2.45, 2.75) is 13.1 Å². The molecule has 0 amide bonds. The van der Waals surface area contributed by atoms with Crippen LogP contribution in [0.25, 0.3) is 0 Å². The molecule has 3 rings (SSSR count). The Bertz CT molecular complexity index is 555. The highest BCUT2D eigenvalue weighted by Gasteiger charge is 2.20. The van der Waals surface area contributed by atoms with Crippen molar-refractivity contribution in [1.29, 1.82) is 0 Å². The standard InChI is InChI=1S/C10H9BrClN5/c11-8-9(12)14-6-15-10(8)17-4-3-16-2-1-13-7(16)5-17/h1-2,6H,3-5H2. The third kappa shape index (κ3) is 1.91. The Morgan fingerprint density at radius 1 is 1.24 bits per heavy atom. The second-order valence-electron chi connectivity index (χ2n) is 3.76. The van der Waals surface area contributed by atoms with E-state index >= 15 is 0 Å². The van der Waals surface area contributed by atoms with Crippen molar-refractivity contribution in [2.24, 2.45) is 0 Å². The van der Waals surface area contributed by atoms with E-state index in [1.165, 1.54) is 6.33 Å². The molecule has 0 atom stereocenters. The Hall–Kier alpha value is -1.14. The second kappa shape index (κ2) is 4.27. The first-order valence-corrected chi connectivity index (χ1v) is 6.34. The molecule has 0 unspecified atom stereocenters. The van der Waals surface area contributed by atoms with E-state index in [2.05, 4.69) is 40.3 Å². The van der Waals surface area contributed by atoms with Crippen molar-refractivity contribution in [2.75, 3.05) is 11.4 Å². The minimum absolute atomic E-state index is 0.434. The molecule has 7 heteroatoms. The van der Waals surface area contributed by atoms with Gasteiger partial charge >= 0.3 is 0 Å². The molecular weight excluding hydrogens is 306 g/mol. The van der Waals surface area contributed by atoms with Crippen molar-refractivity contribution in [3.63, 3.8) is 0 Å². The number of rotatable bonds is 1. The number of hydrogen-bond acceptors (Lipinski definition) is 4. The number of nitrogens with zero attached hydrogens (tertiary/aromatic N) is 5. The van der Waals surface area contributed by atoms with E-state index in [9.17, 15) is 0 Å². The Morgan fingerprint density at radius 3 is 3.00 bits per heavy atom. The summed E-state index contributed by atoms with van der Waals surface area (Å²) in [5.41, 5.74) is 0. The first-order valence-electron chi connectivity index (χ1n) is 5.16. The molecule has 0 fully saturated rings. The zero-order chi connectivity index (χ0) is 11.8. The van der Waals surface area contributed by atoms with Crippen LogP contribution in [0.1, 0.15) is 5.82 Å².